The topological polar surface area (TPSA) is 55.1 Å². The molecule has 18 heavy (non-hydrogen) atoms. The van der Waals surface area contributed by atoms with Gasteiger partial charge in [-0.2, -0.15) is 0 Å². The van der Waals surface area contributed by atoms with E-state index in [0.29, 0.717) is 36.8 Å². The van der Waals surface area contributed by atoms with Gasteiger partial charge in [-0.25, -0.2) is 0 Å². The number of nitrogens with one attached hydrogen (secondary N) is 1. The molecule has 3 heteroatoms. The molecule has 0 saturated heterocycles. The van der Waals surface area contributed by atoms with Gasteiger partial charge in [-0.05, 0) is 37.1 Å². The first-order valence-electron chi connectivity index (χ1n) is 7.57. The summed E-state index contributed by atoms with van der Waals surface area (Å²) in [5, 5.41) is 3.25. The third-order valence-corrected chi connectivity index (χ3v) is 4.41. The van der Waals surface area contributed by atoms with Crippen molar-refractivity contribution in [3.63, 3.8) is 0 Å². The van der Waals surface area contributed by atoms with Crippen LogP contribution in [0, 0.1) is 17.8 Å². The lowest BCUT2D eigenvalue weighted by atomic mass is 9.77. The summed E-state index contributed by atoms with van der Waals surface area (Å²) in [6.45, 7) is 7.25. The molecule has 3 N–H and O–H groups in total. The van der Waals surface area contributed by atoms with E-state index in [0.717, 1.165) is 12.8 Å². The van der Waals surface area contributed by atoms with E-state index in [9.17, 15) is 4.79 Å². The molecule has 0 aromatic heterocycles. The van der Waals surface area contributed by atoms with Crippen LogP contribution < -0.4 is 11.1 Å². The quantitative estimate of drug-likeness (QED) is 0.765. The van der Waals surface area contributed by atoms with Crippen LogP contribution in [-0.4, -0.2) is 18.5 Å². The number of rotatable bonds is 6. The van der Waals surface area contributed by atoms with Gasteiger partial charge in [-0.1, -0.05) is 40.0 Å². The number of carbonyl (C=O) groups excluding carboxylic acids is 1. The molecule has 3 atom stereocenters. The van der Waals surface area contributed by atoms with E-state index in [1.54, 1.807) is 0 Å². The van der Waals surface area contributed by atoms with Crippen LogP contribution in [0.25, 0.3) is 0 Å². The lowest BCUT2D eigenvalue weighted by Crippen LogP contribution is -2.44. The van der Waals surface area contributed by atoms with Gasteiger partial charge in [-0.3, -0.25) is 4.79 Å². The summed E-state index contributed by atoms with van der Waals surface area (Å²) < 4.78 is 0. The third-order valence-electron chi connectivity index (χ3n) is 4.41. The molecule has 0 aromatic carbocycles. The van der Waals surface area contributed by atoms with Gasteiger partial charge < -0.3 is 11.1 Å². The van der Waals surface area contributed by atoms with Crippen LogP contribution in [0.5, 0.6) is 0 Å². The Morgan fingerprint density at radius 1 is 1.33 bits per heavy atom. The van der Waals surface area contributed by atoms with Crippen molar-refractivity contribution in [2.24, 2.45) is 23.5 Å². The average molecular weight is 254 g/mol. The second-order valence-electron chi connectivity index (χ2n) is 6.08. The smallest absolute Gasteiger partial charge is 0.220 e. The molecule has 1 rings (SSSR count). The van der Waals surface area contributed by atoms with Crippen LogP contribution in [0.3, 0.4) is 0 Å². The summed E-state index contributed by atoms with van der Waals surface area (Å²) in [7, 11) is 0. The fraction of sp³-hybridized carbons (Fsp3) is 0.933. The molecule has 1 saturated carbocycles. The summed E-state index contributed by atoms with van der Waals surface area (Å²) in [6, 6.07) is 0.390. The molecule has 3 unspecified atom stereocenters. The Balaban J connectivity index is 2.45. The zero-order chi connectivity index (χ0) is 13.5. The van der Waals surface area contributed by atoms with Crippen molar-refractivity contribution in [2.45, 2.75) is 65.3 Å². The van der Waals surface area contributed by atoms with Crippen molar-refractivity contribution in [1.29, 1.82) is 0 Å². The number of carbonyl (C=O) groups is 1. The first-order valence-corrected chi connectivity index (χ1v) is 7.57. The van der Waals surface area contributed by atoms with Crippen molar-refractivity contribution in [1.82, 2.24) is 5.32 Å². The van der Waals surface area contributed by atoms with Gasteiger partial charge >= 0.3 is 0 Å². The number of amides is 1. The SMILES string of the molecule is CCC(CN)CC(=O)NC1CCCCC1C(C)C. The maximum Gasteiger partial charge on any atom is 0.220 e. The summed E-state index contributed by atoms with van der Waals surface area (Å²) in [6.07, 6.45) is 6.55. The Morgan fingerprint density at radius 3 is 2.56 bits per heavy atom. The molecule has 1 amide bonds. The van der Waals surface area contributed by atoms with E-state index < -0.39 is 0 Å². The van der Waals surface area contributed by atoms with Gasteiger partial charge in [0.05, 0.1) is 0 Å². The van der Waals surface area contributed by atoms with E-state index in [-0.39, 0.29) is 5.91 Å². The van der Waals surface area contributed by atoms with Gasteiger partial charge in [0, 0.05) is 12.5 Å². The van der Waals surface area contributed by atoms with E-state index in [2.05, 4.69) is 26.1 Å². The Labute approximate surface area is 112 Å². The number of hydrogen-bond donors (Lipinski definition) is 2. The number of hydrogen-bond acceptors (Lipinski definition) is 2. The maximum atomic E-state index is 12.0. The average Bonchev–Trinajstić information content (AvgIpc) is 2.36. The normalized spacial score (nSPS) is 26.1. The van der Waals surface area contributed by atoms with Crippen LogP contribution in [-0.2, 0) is 4.79 Å². The minimum Gasteiger partial charge on any atom is -0.353 e. The van der Waals surface area contributed by atoms with Gasteiger partial charge in [-0.15, -0.1) is 0 Å². The molecule has 3 nitrogen and oxygen atoms in total. The van der Waals surface area contributed by atoms with Crippen molar-refractivity contribution in [3.05, 3.63) is 0 Å². The fourth-order valence-electron chi connectivity index (χ4n) is 3.06. The molecule has 0 radical (unpaired) electrons. The standard InChI is InChI=1S/C15H30N2O/c1-4-12(10-16)9-15(18)17-14-8-6-5-7-13(14)11(2)3/h11-14H,4-10,16H2,1-3H3,(H,17,18). The maximum absolute atomic E-state index is 12.0. The summed E-state index contributed by atoms with van der Waals surface area (Å²) in [5.74, 6) is 1.85. The Kier molecular flexibility index (Phi) is 6.69. The molecule has 1 aliphatic rings. The van der Waals surface area contributed by atoms with Crippen molar-refractivity contribution < 1.29 is 4.79 Å². The van der Waals surface area contributed by atoms with E-state index >= 15 is 0 Å². The van der Waals surface area contributed by atoms with Crippen LogP contribution in [0.1, 0.15) is 59.3 Å². The van der Waals surface area contributed by atoms with Crippen LogP contribution in [0.4, 0.5) is 0 Å². The monoisotopic (exact) mass is 254 g/mol. The minimum atomic E-state index is 0.199. The molecule has 106 valence electrons. The predicted molar refractivity (Wildman–Crippen MR) is 76.2 cm³/mol. The molecule has 1 fully saturated rings. The molecule has 1 aliphatic carbocycles. The highest BCUT2D eigenvalue weighted by molar-refractivity contribution is 5.76. The molecule has 0 bridgehead atoms. The predicted octanol–water partition coefficient (Wildman–Crippen LogP) is 2.69. The molecular formula is C15H30N2O. The zero-order valence-electron chi connectivity index (χ0n) is 12.2. The van der Waals surface area contributed by atoms with Crippen LogP contribution in [0.15, 0.2) is 0 Å². The highest BCUT2D eigenvalue weighted by atomic mass is 16.1. The molecule has 0 spiro atoms. The number of nitrogens with two attached hydrogens (primary N) is 1. The molecule has 0 aromatic rings. The molecule has 0 aliphatic heterocycles. The summed E-state index contributed by atoms with van der Waals surface area (Å²) in [4.78, 5) is 12.0. The first-order chi connectivity index (χ1) is 8.58. The first kappa shape index (κ1) is 15.5. The van der Waals surface area contributed by atoms with Crippen LogP contribution in [0.2, 0.25) is 0 Å². The summed E-state index contributed by atoms with van der Waals surface area (Å²) >= 11 is 0. The van der Waals surface area contributed by atoms with E-state index in [1.807, 2.05) is 0 Å². The fourth-order valence-corrected chi connectivity index (χ4v) is 3.06. The van der Waals surface area contributed by atoms with E-state index in [1.165, 1.54) is 19.3 Å². The highest BCUT2D eigenvalue weighted by Crippen LogP contribution is 2.30. The molecular weight excluding hydrogens is 224 g/mol. The largest absolute Gasteiger partial charge is 0.353 e. The van der Waals surface area contributed by atoms with Crippen molar-refractivity contribution >= 4 is 5.91 Å². The lowest BCUT2D eigenvalue weighted by molar-refractivity contribution is -0.123. The van der Waals surface area contributed by atoms with Gasteiger partial charge in [0.25, 0.3) is 0 Å². The summed E-state index contributed by atoms with van der Waals surface area (Å²) in [5.41, 5.74) is 5.66. The van der Waals surface area contributed by atoms with E-state index in [4.69, 9.17) is 5.73 Å². The Morgan fingerprint density at radius 2 is 2.00 bits per heavy atom. The minimum absolute atomic E-state index is 0.199. The van der Waals surface area contributed by atoms with Crippen molar-refractivity contribution in [3.8, 4) is 0 Å². The molecule has 0 heterocycles. The van der Waals surface area contributed by atoms with Crippen LogP contribution >= 0.6 is 0 Å². The van der Waals surface area contributed by atoms with Crippen molar-refractivity contribution in [2.75, 3.05) is 6.54 Å². The zero-order valence-corrected chi connectivity index (χ0v) is 12.2. The van der Waals surface area contributed by atoms with Gasteiger partial charge in [0.2, 0.25) is 5.91 Å². The lowest BCUT2D eigenvalue weighted by Gasteiger charge is -2.35. The van der Waals surface area contributed by atoms with Gasteiger partial charge in [0.1, 0.15) is 0 Å². The van der Waals surface area contributed by atoms with Gasteiger partial charge in [0.15, 0.2) is 0 Å². The second-order valence-corrected chi connectivity index (χ2v) is 6.08. The Bertz CT molecular complexity index is 249. The second kappa shape index (κ2) is 7.78. The highest BCUT2D eigenvalue weighted by Gasteiger charge is 2.28. The third kappa shape index (κ3) is 4.60. The Hall–Kier alpha value is -0.570.